The number of halogens is 3. The van der Waals surface area contributed by atoms with E-state index in [1.54, 1.807) is 20.8 Å². The van der Waals surface area contributed by atoms with Crippen LogP contribution in [0.2, 0.25) is 15.2 Å². The van der Waals surface area contributed by atoms with E-state index in [2.05, 4.69) is 4.98 Å². The SMILES string of the molecule is CC(C)(C)OC(=O)COc1nc(Cl)c(Cl)cc1Cl. The Balaban J connectivity index is 2.64. The Morgan fingerprint density at radius 2 is 1.89 bits per heavy atom. The minimum atomic E-state index is -0.574. The van der Waals surface area contributed by atoms with E-state index in [0.29, 0.717) is 0 Å². The van der Waals surface area contributed by atoms with Crippen molar-refractivity contribution in [3.63, 3.8) is 0 Å². The van der Waals surface area contributed by atoms with Gasteiger partial charge in [-0.3, -0.25) is 0 Å². The lowest BCUT2D eigenvalue weighted by molar-refractivity contribution is -0.157. The topological polar surface area (TPSA) is 48.4 Å². The molecule has 0 saturated heterocycles. The molecular weight excluding hydrogens is 300 g/mol. The maximum atomic E-state index is 11.4. The quantitative estimate of drug-likeness (QED) is 0.630. The van der Waals surface area contributed by atoms with Crippen LogP contribution in [0, 0.1) is 0 Å². The second-order valence-corrected chi connectivity index (χ2v) is 5.60. The fourth-order valence-corrected chi connectivity index (χ4v) is 1.57. The van der Waals surface area contributed by atoms with Crippen LogP contribution < -0.4 is 4.74 Å². The smallest absolute Gasteiger partial charge is 0.344 e. The average molecular weight is 313 g/mol. The summed E-state index contributed by atoms with van der Waals surface area (Å²) < 4.78 is 10.2. The maximum absolute atomic E-state index is 11.4. The van der Waals surface area contributed by atoms with E-state index in [1.807, 2.05) is 0 Å². The number of ether oxygens (including phenoxy) is 2. The summed E-state index contributed by atoms with van der Waals surface area (Å²) in [6.45, 7) is 4.97. The highest BCUT2D eigenvalue weighted by Gasteiger charge is 2.17. The van der Waals surface area contributed by atoms with Gasteiger partial charge < -0.3 is 9.47 Å². The second-order valence-electron chi connectivity index (χ2n) is 4.42. The summed E-state index contributed by atoms with van der Waals surface area (Å²) in [5, 5.41) is 0.444. The lowest BCUT2D eigenvalue weighted by atomic mass is 10.2. The molecule has 0 saturated carbocycles. The number of carbonyl (C=O) groups excluding carboxylic acids is 1. The van der Waals surface area contributed by atoms with E-state index in [1.165, 1.54) is 6.07 Å². The molecule has 1 rings (SSSR count). The van der Waals surface area contributed by atoms with Gasteiger partial charge in [0.2, 0.25) is 5.88 Å². The van der Waals surface area contributed by atoms with Crippen LogP contribution in [0.3, 0.4) is 0 Å². The molecule has 0 aliphatic carbocycles. The standard InChI is InChI=1S/C11H12Cl3NO3/c1-11(2,3)18-8(16)5-17-10-7(13)4-6(12)9(14)15-10/h4H,5H2,1-3H3. The molecule has 1 heterocycles. The molecule has 0 bridgehead atoms. The van der Waals surface area contributed by atoms with E-state index in [0.717, 1.165) is 0 Å². The predicted octanol–water partition coefficient (Wildman–Crippen LogP) is 3.76. The third-order valence-corrected chi connectivity index (χ3v) is 2.55. The number of rotatable bonds is 3. The minimum absolute atomic E-state index is 0.0388. The van der Waals surface area contributed by atoms with Crippen molar-refractivity contribution in [3.8, 4) is 5.88 Å². The molecule has 1 aromatic heterocycles. The summed E-state index contributed by atoms with van der Waals surface area (Å²) in [5.41, 5.74) is -0.574. The Labute approximate surface area is 120 Å². The van der Waals surface area contributed by atoms with Gasteiger partial charge in [-0.1, -0.05) is 34.8 Å². The van der Waals surface area contributed by atoms with Crippen LogP contribution in [0.5, 0.6) is 5.88 Å². The molecule has 0 aliphatic rings. The molecule has 100 valence electrons. The highest BCUT2D eigenvalue weighted by atomic mass is 35.5. The van der Waals surface area contributed by atoms with Crippen molar-refractivity contribution in [1.29, 1.82) is 0 Å². The molecule has 0 fully saturated rings. The molecule has 0 N–H and O–H groups in total. The van der Waals surface area contributed by atoms with Crippen molar-refractivity contribution in [2.24, 2.45) is 0 Å². The molecule has 18 heavy (non-hydrogen) atoms. The van der Waals surface area contributed by atoms with Crippen LogP contribution in [0.15, 0.2) is 6.07 Å². The van der Waals surface area contributed by atoms with Crippen molar-refractivity contribution in [2.75, 3.05) is 6.61 Å². The van der Waals surface area contributed by atoms with Crippen molar-refractivity contribution in [1.82, 2.24) is 4.98 Å². The van der Waals surface area contributed by atoms with Crippen molar-refractivity contribution in [2.45, 2.75) is 26.4 Å². The van der Waals surface area contributed by atoms with Gasteiger partial charge in [-0.25, -0.2) is 4.79 Å². The lowest BCUT2D eigenvalue weighted by Crippen LogP contribution is -2.27. The van der Waals surface area contributed by atoms with E-state index >= 15 is 0 Å². The second kappa shape index (κ2) is 5.95. The third-order valence-electron chi connectivity index (χ3n) is 1.60. The van der Waals surface area contributed by atoms with Crippen LogP contribution in [0.1, 0.15) is 20.8 Å². The van der Waals surface area contributed by atoms with Gasteiger partial charge in [0.15, 0.2) is 11.8 Å². The summed E-state index contributed by atoms with van der Waals surface area (Å²) in [6.07, 6.45) is 0. The fraction of sp³-hybridized carbons (Fsp3) is 0.455. The first-order valence-corrected chi connectivity index (χ1v) is 6.18. The Hall–Kier alpha value is -0.710. The van der Waals surface area contributed by atoms with E-state index in [-0.39, 0.29) is 27.7 Å². The summed E-state index contributed by atoms with van der Waals surface area (Å²) in [4.78, 5) is 15.2. The van der Waals surface area contributed by atoms with Gasteiger partial charge in [0.25, 0.3) is 0 Å². The van der Waals surface area contributed by atoms with Gasteiger partial charge in [-0.2, -0.15) is 4.98 Å². The zero-order valence-corrected chi connectivity index (χ0v) is 12.4. The highest BCUT2D eigenvalue weighted by molar-refractivity contribution is 6.42. The van der Waals surface area contributed by atoms with E-state index in [9.17, 15) is 4.79 Å². The maximum Gasteiger partial charge on any atom is 0.344 e. The van der Waals surface area contributed by atoms with E-state index < -0.39 is 11.6 Å². The normalized spacial score (nSPS) is 11.2. The molecule has 0 radical (unpaired) electrons. The lowest BCUT2D eigenvalue weighted by Gasteiger charge is -2.19. The Bertz CT molecular complexity index is 458. The number of esters is 1. The number of carbonyl (C=O) groups is 1. The average Bonchev–Trinajstić information content (AvgIpc) is 2.19. The summed E-state index contributed by atoms with van der Waals surface area (Å²) in [6, 6.07) is 1.39. The highest BCUT2D eigenvalue weighted by Crippen LogP contribution is 2.30. The fourth-order valence-electron chi connectivity index (χ4n) is 1.03. The van der Waals surface area contributed by atoms with Crippen molar-refractivity contribution in [3.05, 3.63) is 21.3 Å². The van der Waals surface area contributed by atoms with Gasteiger partial charge in [0.05, 0.1) is 5.02 Å². The minimum Gasteiger partial charge on any atom is -0.465 e. The predicted molar refractivity (Wildman–Crippen MR) is 70.6 cm³/mol. The van der Waals surface area contributed by atoms with Gasteiger partial charge in [-0.15, -0.1) is 0 Å². The molecule has 4 nitrogen and oxygen atoms in total. The van der Waals surface area contributed by atoms with Gasteiger partial charge in [0.1, 0.15) is 10.6 Å². The van der Waals surface area contributed by atoms with E-state index in [4.69, 9.17) is 44.3 Å². The van der Waals surface area contributed by atoms with Crippen LogP contribution in [0.4, 0.5) is 0 Å². The molecule has 0 aromatic carbocycles. The molecule has 0 unspecified atom stereocenters. The number of nitrogens with zero attached hydrogens (tertiary/aromatic N) is 1. The van der Waals surface area contributed by atoms with Gasteiger partial charge in [-0.05, 0) is 26.8 Å². The first-order valence-electron chi connectivity index (χ1n) is 5.05. The molecule has 0 aliphatic heterocycles. The first-order chi connectivity index (χ1) is 8.19. The summed E-state index contributed by atoms with van der Waals surface area (Å²) >= 11 is 17.3. The number of hydrogen-bond acceptors (Lipinski definition) is 4. The molecule has 7 heteroatoms. The number of aromatic nitrogens is 1. The van der Waals surface area contributed by atoms with Crippen LogP contribution >= 0.6 is 34.8 Å². The zero-order chi connectivity index (χ0) is 13.9. The van der Waals surface area contributed by atoms with Crippen LogP contribution in [-0.2, 0) is 9.53 Å². The molecule has 0 spiro atoms. The molecule has 0 atom stereocenters. The summed E-state index contributed by atoms with van der Waals surface area (Å²) in [5.74, 6) is -0.483. The third kappa shape index (κ3) is 4.88. The van der Waals surface area contributed by atoms with Crippen molar-refractivity contribution < 1.29 is 14.3 Å². The molecular formula is C11H12Cl3NO3. The van der Waals surface area contributed by atoms with Crippen LogP contribution in [0.25, 0.3) is 0 Å². The molecule has 1 aromatic rings. The zero-order valence-electron chi connectivity index (χ0n) is 10.1. The Kier molecular flexibility index (Phi) is 5.08. The monoisotopic (exact) mass is 311 g/mol. The Morgan fingerprint density at radius 3 is 2.44 bits per heavy atom. The Morgan fingerprint density at radius 1 is 1.28 bits per heavy atom. The van der Waals surface area contributed by atoms with Crippen molar-refractivity contribution >= 4 is 40.8 Å². The number of hydrogen-bond donors (Lipinski definition) is 0. The first kappa shape index (κ1) is 15.3. The van der Waals surface area contributed by atoms with Gasteiger partial charge >= 0.3 is 5.97 Å². The number of pyridine rings is 1. The largest absolute Gasteiger partial charge is 0.465 e. The van der Waals surface area contributed by atoms with Crippen LogP contribution in [-0.4, -0.2) is 23.2 Å². The molecule has 0 amide bonds. The summed E-state index contributed by atoms with van der Waals surface area (Å²) in [7, 11) is 0. The van der Waals surface area contributed by atoms with Gasteiger partial charge in [0, 0.05) is 0 Å².